The van der Waals surface area contributed by atoms with Crippen LogP contribution in [0.1, 0.15) is 62.8 Å². The van der Waals surface area contributed by atoms with Crippen molar-refractivity contribution in [2.45, 2.75) is 64.6 Å². The fourth-order valence-corrected chi connectivity index (χ4v) is 4.55. The van der Waals surface area contributed by atoms with Crippen molar-refractivity contribution < 1.29 is 29.2 Å². The van der Waals surface area contributed by atoms with Crippen LogP contribution in [0.4, 0.5) is 0 Å². The molecule has 3 aliphatic rings. The van der Waals surface area contributed by atoms with Crippen LogP contribution in [0.25, 0.3) is 11.6 Å². The minimum atomic E-state index is -0.627. The van der Waals surface area contributed by atoms with Crippen LogP contribution in [-0.2, 0) is 22.4 Å². The lowest BCUT2D eigenvalue weighted by Crippen LogP contribution is -2.32. The summed E-state index contributed by atoms with van der Waals surface area (Å²) in [7, 11) is 0. The number of rotatable bonds is 2. The van der Waals surface area contributed by atoms with Gasteiger partial charge in [-0.15, -0.1) is 0 Å². The summed E-state index contributed by atoms with van der Waals surface area (Å²) >= 11 is 0. The Balaban J connectivity index is 1.49. The Morgan fingerprint density at radius 3 is 2.21 bits per heavy atom. The van der Waals surface area contributed by atoms with Crippen LogP contribution >= 0.6 is 0 Å². The topological polar surface area (TPSA) is 85.2 Å². The summed E-state index contributed by atoms with van der Waals surface area (Å²) in [6.45, 7) is 8.12. The fourth-order valence-electron chi connectivity index (χ4n) is 4.55. The normalized spacial score (nSPS) is 21.7. The quantitative estimate of drug-likeness (QED) is 0.593. The van der Waals surface area contributed by atoms with E-state index in [1.807, 2.05) is 45.9 Å². The zero-order chi connectivity index (χ0) is 23.5. The van der Waals surface area contributed by atoms with E-state index in [9.17, 15) is 15.0 Å². The number of benzene rings is 2. The Morgan fingerprint density at radius 2 is 1.52 bits per heavy atom. The monoisotopic (exact) mass is 448 g/mol. The first-order valence-electron chi connectivity index (χ1n) is 11.3. The number of fused-ring (bicyclic) bond motifs is 2. The van der Waals surface area contributed by atoms with Gasteiger partial charge in [-0.3, -0.25) is 0 Å². The number of aromatic hydroxyl groups is 1. The lowest BCUT2D eigenvalue weighted by molar-refractivity contribution is -0.131. The van der Waals surface area contributed by atoms with Gasteiger partial charge in [-0.1, -0.05) is 6.07 Å². The Bertz CT molecular complexity index is 1230. The van der Waals surface area contributed by atoms with Gasteiger partial charge in [-0.25, -0.2) is 4.79 Å². The molecule has 5 rings (SSSR count). The summed E-state index contributed by atoms with van der Waals surface area (Å²) in [5.74, 6) is 0.572. The van der Waals surface area contributed by atoms with E-state index in [2.05, 4.69) is 0 Å². The van der Waals surface area contributed by atoms with Gasteiger partial charge in [0, 0.05) is 11.6 Å². The number of carbonyl (C=O) groups excluding carboxylic acids is 1. The Kier molecular flexibility index (Phi) is 4.74. The molecule has 0 aliphatic carbocycles. The van der Waals surface area contributed by atoms with E-state index in [0.717, 1.165) is 42.6 Å². The van der Waals surface area contributed by atoms with Crippen LogP contribution in [0.15, 0.2) is 41.9 Å². The molecule has 0 bridgehead atoms. The molecule has 2 aromatic rings. The average Bonchev–Trinajstić information content (AvgIpc) is 3.00. The second-order valence-electron chi connectivity index (χ2n) is 10.2. The zero-order valence-electron chi connectivity index (χ0n) is 19.3. The average molecular weight is 449 g/mol. The standard InChI is InChI=1S/C27H28O6/c1-26(2)9-7-15-11-17(5-6-20(15)32-26)23-24(29)22(31-25(23)30)13-18-12-16-8-10-27(3,4)33-21(16)14-19(18)28/h5-6,11-14,28-29H,7-10H2,1-4H3/b22-13-. The van der Waals surface area contributed by atoms with Gasteiger partial charge < -0.3 is 24.4 Å². The molecule has 0 saturated carbocycles. The van der Waals surface area contributed by atoms with E-state index in [1.165, 1.54) is 6.08 Å². The van der Waals surface area contributed by atoms with Crippen molar-refractivity contribution in [1.29, 1.82) is 0 Å². The molecule has 0 unspecified atom stereocenters. The van der Waals surface area contributed by atoms with Crippen molar-refractivity contribution in [3.63, 3.8) is 0 Å². The number of aryl methyl sites for hydroxylation is 2. The number of aliphatic hydroxyl groups excluding tert-OH is 1. The Labute approximate surface area is 193 Å². The predicted molar refractivity (Wildman–Crippen MR) is 124 cm³/mol. The molecular weight excluding hydrogens is 420 g/mol. The van der Waals surface area contributed by atoms with Crippen molar-refractivity contribution in [3.8, 4) is 17.2 Å². The highest BCUT2D eigenvalue weighted by Crippen LogP contribution is 2.41. The summed E-state index contributed by atoms with van der Waals surface area (Å²) in [5, 5.41) is 21.4. The minimum absolute atomic E-state index is 0.00945. The summed E-state index contributed by atoms with van der Waals surface area (Å²) in [5.41, 5.74) is 2.58. The smallest absolute Gasteiger partial charge is 0.348 e. The SMILES string of the molecule is CC1(C)CCc2cc(C3=C(O)/C(=C/c4cc5c(cc4O)OC(C)(C)CC5)OC3=O)ccc2O1. The molecule has 3 aliphatic heterocycles. The van der Waals surface area contributed by atoms with Crippen molar-refractivity contribution >= 4 is 17.6 Å². The van der Waals surface area contributed by atoms with Crippen molar-refractivity contribution in [1.82, 2.24) is 0 Å². The second-order valence-corrected chi connectivity index (χ2v) is 10.2. The van der Waals surface area contributed by atoms with E-state index >= 15 is 0 Å². The van der Waals surface area contributed by atoms with Gasteiger partial charge in [-0.05, 0) is 94.3 Å². The summed E-state index contributed by atoms with van der Waals surface area (Å²) in [6, 6.07) is 8.84. The highest BCUT2D eigenvalue weighted by atomic mass is 16.6. The third kappa shape index (κ3) is 3.94. The maximum atomic E-state index is 12.7. The number of cyclic esters (lactones) is 1. The van der Waals surface area contributed by atoms with Gasteiger partial charge in [0.15, 0.2) is 11.5 Å². The summed E-state index contributed by atoms with van der Waals surface area (Å²) in [6.07, 6.45) is 4.83. The van der Waals surface area contributed by atoms with Gasteiger partial charge in [0.1, 0.15) is 34.0 Å². The molecule has 2 aromatic carbocycles. The molecule has 0 spiro atoms. The lowest BCUT2D eigenvalue weighted by atomic mass is 9.92. The number of hydrogen-bond acceptors (Lipinski definition) is 6. The molecule has 0 saturated heterocycles. The molecule has 0 fully saturated rings. The van der Waals surface area contributed by atoms with E-state index in [4.69, 9.17) is 14.2 Å². The van der Waals surface area contributed by atoms with E-state index in [1.54, 1.807) is 12.1 Å². The lowest BCUT2D eigenvalue weighted by Gasteiger charge is -2.32. The van der Waals surface area contributed by atoms with Gasteiger partial charge in [0.25, 0.3) is 0 Å². The van der Waals surface area contributed by atoms with Gasteiger partial charge >= 0.3 is 5.97 Å². The van der Waals surface area contributed by atoms with Crippen molar-refractivity contribution in [2.75, 3.05) is 0 Å². The number of phenolic OH excluding ortho intramolecular Hbond substituents is 1. The van der Waals surface area contributed by atoms with Crippen LogP contribution in [0, 0.1) is 0 Å². The highest BCUT2D eigenvalue weighted by Gasteiger charge is 2.34. The summed E-state index contributed by atoms with van der Waals surface area (Å²) in [4.78, 5) is 12.7. The molecular formula is C27H28O6. The zero-order valence-corrected chi connectivity index (χ0v) is 19.3. The first-order chi connectivity index (χ1) is 15.5. The van der Waals surface area contributed by atoms with Crippen LogP contribution in [0.5, 0.6) is 17.2 Å². The van der Waals surface area contributed by atoms with Crippen LogP contribution < -0.4 is 9.47 Å². The van der Waals surface area contributed by atoms with Crippen molar-refractivity contribution in [2.24, 2.45) is 0 Å². The Morgan fingerprint density at radius 1 is 0.879 bits per heavy atom. The van der Waals surface area contributed by atoms with E-state index in [0.29, 0.717) is 16.9 Å². The first-order valence-corrected chi connectivity index (χ1v) is 11.3. The van der Waals surface area contributed by atoms with Crippen LogP contribution in [0.2, 0.25) is 0 Å². The number of carbonyl (C=O) groups is 1. The first kappa shape index (κ1) is 21.4. The number of phenols is 1. The molecule has 0 aromatic heterocycles. The number of aliphatic hydroxyl groups is 1. The summed E-state index contributed by atoms with van der Waals surface area (Å²) < 4.78 is 17.4. The maximum Gasteiger partial charge on any atom is 0.348 e. The molecule has 2 N–H and O–H groups in total. The highest BCUT2D eigenvalue weighted by molar-refractivity contribution is 6.21. The number of ether oxygens (including phenoxy) is 3. The van der Waals surface area contributed by atoms with E-state index in [-0.39, 0.29) is 34.0 Å². The largest absolute Gasteiger partial charge is 0.507 e. The van der Waals surface area contributed by atoms with Crippen LogP contribution in [0.3, 0.4) is 0 Å². The maximum absolute atomic E-state index is 12.7. The molecule has 0 atom stereocenters. The van der Waals surface area contributed by atoms with Gasteiger partial charge in [0.05, 0.1) is 0 Å². The Hall–Kier alpha value is -3.41. The molecule has 6 heteroatoms. The van der Waals surface area contributed by atoms with Crippen LogP contribution in [-0.4, -0.2) is 27.4 Å². The molecule has 33 heavy (non-hydrogen) atoms. The third-order valence-corrected chi connectivity index (χ3v) is 6.49. The molecule has 6 nitrogen and oxygen atoms in total. The molecule has 3 heterocycles. The van der Waals surface area contributed by atoms with E-state index < -0.39 is 5.97 Å². The molecule has 172 valence electrons. The fraction of sp³-hybridized carbons (Fsp3) is 0.370. The number of hydrogen-bond donors (Lipinski definition) is 2. The molecule has 0 amide bonds. The minimum Gasteiger partial charge on any atom is -0.507 e. The van der Waals surface area contributed by atoms with Gasteiger partial charge in [-0.2, -0.15) is 0 Å². The number of esters is 1. The van der Waals surface area contributed by atoms with Gasteiger partial charge in [0.2, 0.25) is 0 Å². The third-order valence-electron chi connectivity index (χ3n) is 6.49. The van der Waals surface area contributed by atoms with Crippen molar-refractivity contribution in [3.05, 3.63) is 64.1 Å². The predicted octanol–water partition coefficient (Wildman–Crippen LogP) is 5.47. The molecule has 0 radical (unpaired) electrons. The second kappa shape index (κ2) is 7.30.